The monoisotopic (exact) mass is 277 g/mol. The molecule has 0 aliphatic rings. The number of nitrogens with one attached hydrogen (secondary N) is 3. The summed E-state index contributed by atoms with van der Waals surface area (Å²) >= 11 is 0. The van der Waals surface area contributed by atoms with Gasteiger partial charge in [-0.15, -0.1) is 0 Å². The van der Waals surface area contributed by atoms with Crippen LogP contribution in [-0.2, 0) is 6.54 Å². The predicted molar refractivity (Wildman–Crippen MR) is 72.7 cm³/mol. The number of anilines is 1. The van der Waals surface area contributed by atoms with Crippen LogP contribution in [0.5, 0.6) is 0 Å². The number of hydrogen-bond donors (Lipinski definition) is 3. The van der Waals surface area contributed by atoms with Crippen LogP contribution in [-0.4, -0.2) is 27.4 Å². The van der Waals surface area contributed by atoms with Gasteiger partial charge in [0.2, 0.25) is 0 Å². The van der Waals surface area contributed by atoms with Crippen molar-refractivity contribution in [3.63, 3.8) is 0 Å². The maximum absolute atomic E-state index is 13.3. The molecule has 1 amide bonds. The molecule has 0 saturated heterocycles. The van der Waals surface area contributed by atoms with Crippen molar-refractivity contribution in [2.24, 2.45) is 0 Å². The molecule has 2 rings (SSSR count). The average molecular weight is 277 g/mol. The lowest BCUT2D eigenvalue weighted by molar-refractivity contribution is 0.0950. The summed E-state index contributed by atoms with van der Waals surface area (Å²) < 4.78 is 13.3. The number of H-pyrrole nitrogens is 1. The first-order valence-corrected chi connectivity index (χ1v) is 6.36. The summed E-state index contributed by atoms with van der Waals surface area (Å²) in [7, 11) is 0. The van der Waals surface area contributed by atoms with E-state index in [1.807, 2.05) is 6.92 Å². The molecule has 0 atom stereocenters. The van der Waals surface area contributed by atoms with Gasteiger partial charge in [0.1, 0.15) is 17.5 Å². The number of pyridine rings is 1. The van der Waals surface area contributed by atoms with Crippen LogP contribution in [0.25, 0.3) is 0 Å². The fraction of sp³-hybridized carbons (Fsp3) is 0.308. The fourth-order valence-electron chi connectivity index (χ4n) is 1.65. The Morgan fingerprint density at radius 1 is 1.45 bits per heavy atom. The number of carbonyl (C=O) groups is 1. The van der Waals surface area contributed by atoms with Gasteiger partial charge in [0.25, 0.3) is 5.91 Å². The Kier molecular flexibility index (Phi) is 4.65. The molecule has 0 aromatic carbocycles. The quantitative estimate of drug-likeness (QED) is 0.750. The molecule has 0 aliphatic carbocycles. The van der Waals surface area contributed by atoms with Gasteiger partial charge >= 0.3 is 0 Å². The second kappa shape index (κ2) is 6.65. The van der Waals surface area contributed by atoms with Crippen molar-refractivity contribution in [3.05, 3.63) is 41.9 Å². The number of aromatic nitrogens is 3. The van der Waals surface area contributed by atoms with Gasteiger partial charge in [0.05, 0.1) is 18.3 Å². The van der Waals surface area contributed by atoms with Crippen LogP contribution in [0.15, 0.2) is 24.7 Å². The van der Waals surface area contributed by atoms with E-state index in [-0.39, 0.29) is 12.1 Å². The SMILES string of the molecule is CCCNc1ncc(F)cc1C(=O)NCc1ncc[nH]1. The molecule has 0 fully saturated rings. The Morgan fingerprint density at radius 3 is 3.00 bits per heavy atom. The standard InChI is InChI=1S/C13H16FN5O/c1-2-3-17-12-10(6-9(14)7-18-12)13(20)19-8-11-15-4-5-16-11/h4-7H,2-3,8H2,1H3,(H,15,16)(H,17,18)(H,19,20). The first kappa shape index (κ1) is 14.0. The zero-order chi connectivity index (χ0) is 14.4. The third-order valence-corrected chi connectivity index (χ3v) is 2.61. The summed E-state index contributed by atoms with van der Waals surface area (Å²) in [4.78, 5) is 22.9. The molecule has 2 aromatic rings. The smallest absolute Gasteiger partial charge is 0.255 e. The van der Waals surface area contributed by atoms with Crippen LogP contribution in [0.3, 0.4) is 0 Å². The Morgan fingerprint density at radius 2 is 2.30 bits per heavy atom. The normalized spacial score (nSPS) is 10.3. The molecule has 2 aromatic heterocycles. The largest absolute Gasteiger partial charge is 0.369 e. The molecular weight excluding hydrogens is 261 g/mol. The van der Waals surface area contributed by atoms with Crippen LogP contribution in [0.1, 0.15) is 29.5 Å². The van der Waals surface area contributed by atoms with Gasteiger partial charge in [0, 0.05) is 18.9 Å². The Balaban J connectivity index is 2.08. The molecule has 7 heteroatoms. The second-order valence-corrected chi connectivity index (χ2v) is 4.20. The van der Waals surface area contributed by atoms with Crippen LogP contribution in [0.4, 0.5) is 10.2 Å². The molecule has 0 unspecified atom stereocenters. The van der Waals surface area contributed by atoms with Gasteiger partial charge in [-0.3, -0.25) is 4.79 Å². The molecular formula is C13H16FN5O. The Labute approximate surface area is 115 Å². The molecule has 20 heavy (non-hydrogen) atoms. The summed E-state index contributed by atoms with van der Waals surface area (Å²) in [6.07, 6.45) is 5.23. The van der Waals surface area contributed by atoms with E-state index in [0.29, 0.717) is 18.2 Å². The highest BCUT2D eigenvalue weighted by molar-refractivity contribution is 5.98. The minimum absolute atomic E-state index is 0.185. The molecule has 6 nitrogen and oxygen atoms in total. The number of imidazole rings is 1. The number of nitrogens with zero attached hydrogens (tertiary/aromatic N) is 2. The summed E-state index contributed by atoms with van der Waals surface area (Å²) in [5.74, 6) is 0.0678. The lowest BCUT2D eigenvalue weighted by atomic mass is 10.2. The van der Waals surface area contributed by atoms with Gasteiger partial charge in [-0.05, 0) is 12.5 Å². The van der Waals surface area contributed by atoms with Crippen molar-refractivity contribution in [1.29, 1.82) is 0 Å². The number of aromatic amines is 1. The van der Waals surface area contributed by atoms with E-state index in [1.54, 1.807) is 12.4 Å². The Bertz CT molecular complexity index is 570. The van der Waals surface area contributed by atoms with Crippen LogP contribution in [0, 0.1) is 5.82 Å². The van der Waals surface area contributed by atoms with Crippen LogP contribution in [0.2, 0.25) is 0 Å². The minimum atomic E-state index is -0.546. The van der Waals surface area contributed by atoms with Crippen molar-refractivity contribution in [3.8, 4) is 0 Å². The molecule has 106 valence electrons. The van der Waals surface area contributed by atoms with Gasteiger partial charge in [-0.2, -0.15) is 0 Å². The average Bonchev–Trinajstić information content (AvgIpc) is 2.96. The molecule has 3 N–H and O–H groups in total. The van der Waals surface area contributed by atoms with E-state index >= 15 is 0 Å². The number of hydrogen-bond acceptors (Lipinski definition) is 4. The maximum Gasteiger partial charge on any atom is 0.255 e. The second-order valence-electron chi connectivity index (χ2n) is 4.20. The predicted octanol–water partition coefficient (Wildman–Crippen LogP) is 1.70. The van der Waals surface area contributed by atoms with E-state index in [4.69, 9.17) is 0 Å². The third-order valence-electron chi connectivity index (χ3n) is 2.61. The summed E-state index contributed by atoms with van der Waals surface area (Å²) in [6, 6.07) is 1.17. The summed E-state index contributed by atoms with van der Waals surface area (Å²) in [5, 5.41) is 5.67. The van der Waals surface area contributed by atoms with Gasteiger partial charge in [-0.1, -0.05) is 6.92 Å². The summed E-state index contributed by atoms with van der Waals surface area (Å²) in [5.41, 5.74) is 0.185. The summed E-state index contributed by atoms with van der Waals surface area (Å²) in [6.45, 7) is 2.90. The molecule has 2 heterocycles. The lowest BCUT2D eigenvalue weighted by Gasteiger charge is -2.10. The van der Waals surface area contributed by atoms with E-state index < -0.39 is 11.7 Å². The van der Waals surface area contributed by atoms with Crippen LogP contribution >= 0.6 is 0 Å². The van der Waals surface area contributed by atoms with E-state index in [0.717, 1.165) is 12.6 Å². The molecule has 0 bridgehead atoms. The van der Waals surface area contributed by atoms with E-state index in [2.05, 4.69) is 25.6 Å². The van der Waals surface area contributed by atoms with Crippen molar-refractivity contribution in [1.82, 2.24) is 20.3 Å². The first-order valence-electron chi connectivity index (χ1n) is 6.36. The number of amides is 1. The minimum Gasteiger partial charge on any atom is -0.369 e. The Hall–Kier alpha value is -2.44. The maximum atomic E-state index is 13.3. The fourth-order valence-corrected chi connectivity index (χ4v) is 1.65. The van der Waals surface area contributed by atoms with Gasteiger partial charge in [-0.25, -0.2) is 14.4 Å². The number of rotatable bonds is 6. The molecule has 0 radical (unpaired) electrons. The lowest BCUT2D eigenvalue weighted by Crippen LogP contribution is -2.25. The van der Waals surface area contributed by atoms with Crippen molar-refractivity contribution >= 4 is 11.7 Å². The van der Waals surface area contributed by atoms with Crippen molar-refractivity contribution < 1.29 is 9.18 Å². The number of halogens is 1. The van der Waals surface area contributed by atoms with Crippen molar-refractivity contribution in [2.45, 2.75) is 19.9 Å². The molecule has 0 spiro atoms. The molecule has 0 aliphatic heterocycles. The first-order chi connectivity index (χ1) is 9.70. The van der Waals surface area contributed by atoms with Gasteiger partial charge in [0.15, 0.2) is 0 Å². The highest BCUT2D eigenvalue weighted by Gasteiger charge is 2.14. The zero-order valence-corrected chi connectivity index (χ0v) is 11.1. The van der Waals surface area contributed by atoms with E-state index in [9.17, 15) is 9.18 Å². The zero-order valence-electron chi connectivity index (χ0n) is 11.1. The van der Waals surface area contributed by atoms with Crippen molar-refractivity contribution in [2.75, 3.05) is 11.9 Å². The molecule has 0 saturated carbocycles. The topological polar surface area (TPSA) is 82.7 Å². The number of carbonyl (C=O) groups excluding carboxylic acids is 1. The van der Waals surface area contributed by atoms with Gasteiger partial charge < -0.3 is 15.6 Å². The third kappa shape index (κ3) is 3.53. The highest BCUT2D eigenvalue weighted by atomic mass is 19.1. The highest BCUT2D eigenvalue weighted by Crippen LogP contribution is 2.13. The van der Waals surface area contributed by atoms with Crippen LogP contribution < -0.4 is 10.6 Å². The van der Waals surface area contributed by atoms with E-state index in [1.165, 1.54) is 6.07 Å².